The lowest BCUT2D eigenvalue weighted by Crippen LogP contribution is -2.74. The lowest BCUT2D eigenvalue weighted by Gasteiger charge is -2.57. The molecule has 0 saturated heterocycles. The minimum Gasteiger partial charge on any atom is -0.378 e. The largest absolute Gasteiger partial charge is 0.378 e. The third-order valence-corrected chi connectivity index (χ3v) is 4.96. The number of anilines is 1. The highest BCUT2D eigenvalue weighted by atomic mass is 35.5. The SMILES string of the molecule is CCOC1CC(N)(C(=O)Nc2cccc3cn[nH]c23)C1(C)C.Cl. The Morgan fingerprint density at radius 2 is 2.26 bits per heavy atom. The third-order valence-electron chi connectivity index (χ3n) is 4.96. The number of carbonyl (C=O) groups excluding carboxylic acids is 1. The molecule has 1 aromatic carbocycles. The van der Waals surface area contributed by atoms with Crippen LogP contribution in [0.1, 0.15) is 27.2 Å². The van der Waals surface area contributed by atoms with Gasteiger partial charge in [0.1, 0.15) is 5.54 Å². The minimum atomic E-state index is -0.935. The Morgan fingerprint density at radius 3 is 2.91 bits per heavy atom. The van der Waals surface area contributed by atoms with Gasteiger partial charge in [-0.3, -0.25) is 9.89 Å². The Bertz CT molecular complexity index is 715. The van der Waals surface area contributed by atoms with E-state index in [4.69, 9.17) is 10.5 Å². The number of H-pyrrole nitrogens is 1. The van der Waals surface area contributed by atoms with Crippen LogP contribution in [-0.2, 0) is 9.53 Å². The van der Waals surface area contributed by atoms with Crippen LogP contribution in [0.2, 0.25) is 0 Å². The summed E-state index contributed by atoms with van der Waals surface area (Å²) < 4.78 is 5.67. The van der Waals surface area contributed by atoms with Crippen molar-refractivity contribution in [2.45, 2.75) is 38.8 Å². The number of hydrogen-bond acceptors (Lipinski definition) is 4. The zero-order valence-corrected chi connectivity index (χ0v) is 14.4. The normalized spacial score (nSPS) is 25.5. The van der Waals surface area contributed by atoms with Gasteiger partial charge in [0.15, 0.2) is 0 Å². The number of aromatic nitrogens is 2. The summed E-state index contributed by atoms with van der Waals surface area (Å²) in [5.74, 6) is -0.185. The smallest absolute Gasteiger partial charge is 0.245 e. The molecule has 1 heterocycles. The second-order valence-corrected chi connectivity index (χ2v) is 6.44. The van der Waals surface area contributed by atoms with Gasteiger partial charge >= 0.3 is 0 Å². The zero-order valence-electron chi connectivity index (χ0n) is 13.6. The Balaban J connectivity index is 0.00000192. The summed E-state index contributed by atoms with van der Waals surface area (Å²) in [7, 11) is 0. The Kier molecular flexibility index (Phi) is 4.71. The number of nitrogens with one attached hydrogen (secondary N) is 2. The van der Waals surface area contributed by atoms with Crippen molar-refractivity contribution >= 4 is 34.9 Å². The summed E-state index contributed by atoms with van der Waals surface area (Å²) in [6.45, 7) is 6.53. The van der Waals surface area contributed by atoms with E-state index in [-0.39, 0.29) is 24.4 Å². The number of amides is 1. The summed E-state index contributed by atoms with van der Waals surface area (Å²) in [6, 6.07) is 5.66. The monoisotopic (exact) mass is 338 g/mol. The summed E-state index contributed by atoms with van der Waals surface area (Å²) in [5, 5.41) is 10.8. The van der Waals surface area contributed by atoms with Crippen molar-refractivity contribution in [1.82, 2.24) is 10.2 Å². The number of nitrogens with two attached hydrogens (primary N) is 1. The number of benzene rings is 1. The second-order valence-electron chi connectivity index (χ2n) is 6.44. The standard InChI is InChI=1S/C16H22N4O2.ClH/c1-4-22-12-8-16(17,15(12,2)3)14(21)19-11-7-5-6-10-9-18-20-13(10)11;/h5-7,9,12H,4,8,17H2,1-3H3,(H,18,20)(H,19,21);1H. The number of rotatable bonds is 4. The Hall–Kier alpha value is -1.63. The average Bonchev–Trinajstić information content (AvgIpc) is 2.96. The molecule has 4 N–H and O–H groups in total. The number of nitrogens with zero attached hydrogens (tertiary/aromatic N) is 1. The van der Waals surface area contributed by atoms with Crippen LogP contribution in [0.3, 0.4) is 0 Å². The van der Waals surface area contributed by atoms with Crippen molar-refractivity contribution in [3.63, 3.8) is 0 Å². The molecule has 0 bridgehead atoms. The molecule has 2 atom stereocenters. The van der Waals surface area contributed by atoms with E-state index in [2.05, 4.69) is 15.5 Å². The predicted octanol–water partition coefficient (Wildman–Crippen LogP) is 2.46. The molecule has 7 heteroatoms. The van der Waals surface area contributed by atoms with Crippen LogP contribution in [-0.4, -0.2) is 34.4 Å². The van der Waals surface area contributed by atoms with Gasteiger partial charge in [0, 0.05) is 23.8 Å². The number of halogens is 1. The first-order valence-electron chi connectivity index (χ1n) is 7.54. The highest BCUT2D eigenvalue weighted by Gasteiger charge is 2.62. The molecule has 1 aromatic heterocycles. The predicted molar refractivity (Wildman–Crippen MR) is 92.7 cm³/mol. The van der Waals surface area contributed by atoms with Gasteiger partial charge in [-0.1, -0.05) is 26.0 Å². The third kappa shape index (κ3) is 2.60. The number of aromatic amines is 1. The Labute approximate surface area is 141 Å². The highest BCUT2D eigenvalue weighted by Crippen LogP contribution is 2.50. The molecule has 0 aliphatic heterocycles. The maximum absolute atomic E-state index is 12.7. The van der Waals surface area contributed by atoms with E-state index in [1.807, 2.05) is 39.0 Å². The van der Waals surface area contributed by atoms with Gasteiger partial charge in [-0.05, 0) is 13.0 Å². The molecule has 1 fully saturated rings. The number of ether oxygens (including phenoxy) is 1. The van der Waals surface area contributed by atoms with Crippen molar-refractivity contribution in [3.8, 4) is 0 Å². The van der Waals surface area contributed by atoms with E-state index in [9.17, 15) is 4.79 Å². The molecule has 2 unspecified atom stereocenters. The van der Waals surface area contributed by atoms with Crippen LogP contribution in [0.5, 0.6) is 0 Å². The van der Waals surface area contributed by atoms with E-state index < -0.39 is 11.0 Å². The van der Waals surface area contributed by atoms with Crippen LogP contribution < -0.4 is 11.1 Å². The van der Waals surface area contributed by atoms with Crippen molar-refractivity contribution < 1.29 is 9.53 Å². The van der Waals surface area contributed by atoms with Gasteiger partial charge in [-0.2, -0.15) is 5.10 Å². The maximum atomic E-state index is 12.7. The van der Waals surface area contributed by atoms with Crippen LogP contribution in [0, 0.1) is 5.41 Å². The highest BCUT2D eigenvalue weighted by molar-refractivity contribution is 6.05. The van der Waals surface area contributed by atoms with Crippen LogP contribution in [0.15, 0.2) is 24.4 Å². The first kappa shape index (κ1) is 17.7. The molecule has 1 aliphatic rings. The van der Waals surface area contributed by atoms with Gasteiger partial charge in [-0.15, -0.1) is 12.4 Å². The zero-order chi connectivity index (χ0) is 16.0. The van der Waals surface area contributed by atoms with Crippen LogP contribution >= 0.6 is 12.4 Å². The van der Waals surface area contributed by atoms with Gasteiger partial charge in [0.2, 0.25) is 5.91 Å². The lowest BCUT2D eigenvalue weighted by atomic mass is 9.54. The minimum absolute atomic E-state index is 0. The van der Waals surface area contributed by atoms with Gasteiger partial charge in [-0.25, -0.2) is 0 Å². The molecule has 6 nitrogen and oxygen atoms in total. The van der Waals surface area contributed by atoms with Gasteiger partial charge in [0.25, 0.3) is 0 Å². The maximum Gasteiger partial charge on any atom is 0.245 e. The molecule has 1 aliphatic carbocycles. The van der Waals surface area contributed by atoms with Crippen LogP contribution in [0.4, 0.5) is 5.69 Å². The number of carbonyl (C=O) groups is 1. The fraction of sp³-hybridized carbons (Fsp3) is 0.500. The van der Waals surface area contributed by atoms with Gasteiger partial charge < -0.3 is 15.8 Å². The van der Waals surface area contributed by atoms with E-state index >= 15 is 0 Å². The molecule has 23 heavy (non-hydrogen) atoms. The number of fused-ring (bicyclic) bond motifs is 1. The fourth-order valence-electron chi connectivity index (χ4n) is 3.13. The Morgan fingerprint density at radius 1 is 1.52 bits per heavy atom. The summed E-state index contributed by atoms with van der Waals surface area (Å²) >= 11 is 0. The molecule has 1 amide bonds. The molecule has 126 valence electrons. The quantitative estimate of drug-likeness (QED) is 0.798. The van der Waals surface area contributed by atoms with E-state index in [0.717, 1.165) is 10.9 Å². The average molecular weight is 339 g/mol. The van der Waals surface area contributed by atoms with Crippen molar-refractivity contribution in [3.05, 3.63) is 24.4 Å². The molecular weight excluding hydrogens is 316 g/mol. The summed E-state index contributed by atoms with van der Waals surface area (Å²) in [4.78, 5) is 12.7. The molecular formula is C16H23ClN4O2. The van der Waals surface area contributed by atoms with Gasteiger partial charge in [0.05, 0.1) is 23.5 Å². The van der Waals surface area contributed by atoms with Crippen LogP contribution in [0.25, 0.3) is 10.9 Å². The summed E-state index contributed by atoms with van der Waals surface area (Å²) in [5.41, 5.74) is 6.55. The lowest BCUT2D eigenvalue weighted by molar-refractivity contribution is -0.166. The van der Waals surface area contributed by atoms with E-state index in [1.165, 1.54) is 0 Å². The first-order valence-corrected chi connectivity index (χ1v) is 7.54. The van der Waals surface area contributed by atoms with E-state index in [0.29, 0.717) is 18.7 Å². The van der Waals surface area contributed by atoms with Crippen molar-refractivity contribution in [1.29, 1.82) is 0 Å². The van der Waals surface area contributed by atoms with Crippen molar-refractivity contribution in [2.24, 2.45) is 11.1 Å². The molecule has 3 rings (SSSR count). The number of para-hydroxylation sites is 1. The molecule has 2 aromatic rings. The van der Waals surface area contributed by atoms with Crippen molar-refractivity contribution in [2.75, 3.05) is 11.9 Å². The first-order chi connectivity index (χ1) is 10.4. The van der Waals surface area contributed by atoms with E-state index in [1.54, 1.807) is 6.20 Å². The second kappa shape index (κ2) is 6.11. The molecule has 0 radical (unpaired) electrons. The molecule has 1 saturated carbocycles. The summed E-state index contributed by atoms with van der Waals surface area (Å²) in [6.07, 6.45) is 2.26. The topological polar surface area (TPSA) is 93.0 Å². The number of hydrogen-bond donors (Lipinski definition) is 3. The fourth-order valence-corrected chi connectivity index (χ4v) is 3.13. The molecule has 0 spiro atoms.